The molecule has 0 amide bonds. The van der Waals surface area contributed by atoms with E-state index in [0.29, 0.717) is 19.3 Å². The summed E-state index contributed by atoms with van der Waals surface area (Å²) in [5.41, 5.74) is 0. The lowest BCUT2D eigenvalue weighted by molar-refractivity contribution is -0.274. The van der Waals surface area contributed by atoms with Crippen molar-refractivity contribution in [3.63, 3.8) is 0 Å². The topological polar surface area (TPSA) is 35.5 Å². The number of benzene rings is 1. The number of hydrogen-bond acceptors (Lipinski definition) is 3. The summed E-state index contributed by atoms with van der Waals surface area (Å²) in [7, 11) is 0. The maximum atomic E-state index is 12.0. The molecule has 6 heteroatoms. The molecule has 3 nitrogen and oxygen atoms in total. The molecule has 112 valence electrons. The first-order chi connectivity index (χ1) is 9.40. The van der Waals surface area contributed by atoms with Crippen LogP contribution in [0.2, 0.25) is 0 Å². The first-order valence-corrected chi connectivity index (χ1v) is 6.41. The number of carbonyl (C=O) groups is 1. The third kappa shape index (κ3) is 7.01. The molecule has 1 aromatic rings. The van der Waals surface area contributed by atoms with Crippen molar-refractivity contribution in [2.75, 3.05) is 6.61 Å². The monoisotopic (exact) mass is 290 g/mol. The molecule has 0 aliphatic heterocycles. The van der Waals surface area contributed by atoms with Crippen molar-refractivity contribution < 1.29 is 27.4 Å². The third-order valence-corrected chi connectivity index (χ3v) is 2.44. The van der Waals surface area contributed by atoms with E-state index in [1.54, 1.807) is 0 Å². The first-order valence-electron chi connectivity index (χ1n) is 6.41. The quantitative estimate of drug-likeness (QED) is 0.676. The summed E-state index contributed by atoms with van der Waals surface area (Å²) >= 11 is 0. The molecule has 0 heterocycles. The van der Waals surface area contributed by atoms with Crippen molar-refractivity contribution in [1.82, 2.24) is 0 Å². The Morgan fingerprint density at radius 3 is 2.55 bits per heavy atom. The number of ether oxygens (including phenoxy) is 2. The lowest BCUT2D eigenvalue weighted by Crippen LogP contribution is -2.17. The first kappa shape index (κ1) is 16.3. The van der Waals surface area contributed by atoms with Crippen LogP contribution in [0.4, 0.5) is 13.2 Å². The van der Waals surface area contributed by atoms with Crippen molar-refractivity contribution in [1.29, 1.82) is 0 Å². The molecule has 0 aliphatic rings. The van der Waals surface area contributed by atoms with Gasteiger partial charge in [-0.15, -0.1) is 13.2 Å². The number of carbonyl (C=O) groups excluding carboxylic acids is 1. The van der Waals surface area contributed by atoms with E-state index < -0.39 is 6.36 Å². The second-order valence-electron chi connectivity index (χ2n) is 4.26. The van der Waals surface area contributed by atoms with Crippen LogP contribution in [-0.2, 0) is 4.79 Å². The Hall–Kier alpha value is -1.72. The second kappa shape index (κ2) is 7.77. The van der Waals surface area contributed by atoms with Crippen molar-refractivity contribution >= 4 is 5.78 Å². The molecular weight excluding hydrogens is 273 g/mol. The summed E-state index contributed by atoms with van der Waals surface area (Å²) in [5, 5.41) is 0. The Bertz CT molecular complexity index is 430. The highest BCUT2D eigenvalue weighted by atomic mass is 19.4. The van der Waals surface area contributed by atoms with Crippen LogP contribution in [0.5, 0.6) is 11.5 Å². The highest BCUT2D eigenvalue weighted by Gasteiger charge is 2.31. The smallest absolute Gasteiger partial charge is 0.493 e. The average molecular weight is 290 g/mol. The standard InChI is InChI=1S/C14H17F3O3/c1-2-5-11(18)6-4-9-19-12-7-3-8-13(10-12)20-14(15,16)17/h3,7-8,10H,2,4-6,9H2,1H3. The Morgan fingerprint density at radius 2 is 1.90 bits per heavy atom. The molecule has 0 saturated carbocycles. The van der Waals surface area contributed by atoms with Crippen LogP contribution >= 0.6 is 0 Å². The van der Waals surface area contributed by atoms with E-state index in [0.717, 1.165) is 6.42 Å². The van der Waals surface area contributed by atoms with E-state index in [2.05, 4.69) is 4.74 Å². The molecule has 0 N–H and O–H groups in total. The fraction of sp³-hybridized carbons (Fsp3) is 0.500. The van der Waals surface area contributed by atoms with E-state index in [4.69, 9.17) is 4.74 Å². The van der Waals surface area contributed by atoms with E-state index in [1.807, 2.05) is 6.92 Å². The molecule has 0 aliphatic carbocycles. The van der Waals surface area contributed by atoms with Crippen molar-refractivity contribution in [3.8, 4) is 11.5 Å². The van der Waals surface area contributed by atoms with Gasteiger partial charge in [-0.1, -0.05) is 13.0 Å². The van der Waals surface area contributed by atoms with E-state index >= 15 is 0 Å². The van der Waals surface area contributed by atoms with E-state index in [-0.39, 0.29) is 23.9 Å². The minimum absolute atomic E-state index is 0.172. The van der Waals surface area contributed by atoms with Gasteiger partial charge in [0.15, 0.2) is 0 Å². The van der Waals surface area contributed by atoms with Crippen molar-refractivity contribution in [2.45, 2.75) is 39.0 Å². The maximum absolute atomic E-state index is 12.0. The molecule has 20 heavy (non-hydrogen) atoms. The van der Waals surface area contributed by atoms with Gasteiger partial charge >= 0.3 is 6.36 Å². The summed E-state index contributed by atoms with van der Waals surface area (Å²) in [6.07, 6.45) is -2.38. The molecule has 0 fully saturated rings. The highest BCUT2D eigenvalue weighted by Crippen LogP contribution is 2.26. The zero-order valence-electron chi connectivity index (χ0n) is 11.2. The molecule has 1 rings (SSSR count). The second-order valence-corrected chi connectivity index (χ2v) is 4.26. The minimum Gasteiger partial charge on any atom is -0.493 e. The van der Waals surface area contributed by atoms with Gasteiger partial charge in [0.05, 0.1) is 6.61 Å². The Labute approximate surface area is 115 Å². The molecule has 1 aromatic carbocycles. The van der Waals surface area contributed by atoms with E-state index in [9.17, 15) is 18.0 Å². The number of Topliss-reactive ketones (excluding diaryl/α,β-unsaturated/α-hetero) is 1. The van der Waals surface area contributed by atoms with Gasteiger partial charge in [-0.25, -0.2) is 0 Å². The van der Waals surface area contributed by atoms with Gasteiger partial charge in [-0.05, 0) is 25.0 Å². The predicted octanol–water partition coefficient (Wildman–Crippen LogP) is 4.11. The lowest BCUT2D eigenvalue weighted by atomic mass is 10.1. The van der Waals surface area contributed by atoms with Crippen molar-refractivity contribution in [2.24, 2.45) is 0 Å². The highest BCUT2D eigenvalue weighted by molar-refractivity contribution is 5.78. The van der Waals surface area contributed by atoms with Crippen LogP contribution in [0.3, 0.4) is 0 Å². The van der Waals surface area contributed by atoms with Crippen LogP contribution in [0, 0.1) is 0 Å². The molecule has 0 spiro atoms. The molecule has 0 atom stereocenters. The summed E-state index contributed by atoms with van der Waals surface area (Å²) in [6.45, 7) is 2.21. The normalized spacial score (nSPS) is 11.2. The molecule has 0 aromatic heterocycles. The van der Waals surface area contributed by atoms with Crippen LogP contribution in [0.25, 0.3) is 0 Å². The molecule has 0 unspecified atom stereocenters. The number of alkyl halides is 3. The van der Waals surface area contributed by atoms with Gasteiger partial charge in [0.1, 0.15) is 17.3 Å². The zero-order chi connectivity index (χ0) is 15.0. The van der Waals surface area contributed by atoms with Crippen molar-refractivity contribution in [3.05, 3.63) is 24.3 Å². The van der Waals surface area contributed by atoms with Gasteiger partial charge in [0, 0.05) is 18.9 Å². The molecule has 0 bridgehead atoms. The van der Waals surface area contributed by atoms with Gasteiger partial charge in [0.2, 0.25) is 0 Å². The number of hydrogen-bond donors (Lipinski definition) is 0. The Balaban J connectivity index is 2.37. The van der Waals surface area contributed by atoms with Crippen LogP contribution in [-0.4, -0.2) is 18.8 Å². The SMILES string of the molecule is CCCC(=O)CCCOc1cccc(OC(F)(F)F)c1. The summed E-state index contributed by atoms with van der Waals surface area (Å²) in [6, 6.07) is 5.32. The van der Waals surface area contributed by atoms with Crippen LogP contribution < -0.4 is 9.47 Å². The Morgan fingerprint density at radius 1 is 1.20 bits per heavy atom. The average Bonchev–Trinajstić information content (AvgIpc) is 2.33. The Kier molecular flexibility index (Phi) is 6.35. The van der Waals surface area contributed by atoms with Gasteiger partial charge in [0.25, 0.3) is 0 Å². The van der Waals surface area contributed by atoms with Gasteiger partial charge in [-0.2, -0.15) is 0 Å². The van der Waals surface area contributed by atoms with E-state index in [1.165, 1.54) is 24.3 Å². The van der Waals surface area contributed by atoms with Crippen LogP contribution in [0.15, 0.2) is 24.3 Å². The number of ketones is 1. The third-order valence-electron chi connectivity index (χ3n) is 2.44. The van der Waals surface area contributed by atoms with Gasteiger partial charge in [-0.3, -0.25) is 4.79 Å². The lowest BCUT2D eigenvalue weighted by Gasteiger charge is -2.10. The zero-order valence-corrected chi connectivity index (χ0v) is 11.2. The predicted molar refractivity (Wildman–Crippen MR) is 67.8 cm³/mol. The molecular formula is C14H17F3O3. The summed E-state index contributed by atoms with van der Waals surface area (Å²) in [5.74, 6) is 0.136. The van der Waals surface area contributed by atoms with Crippen LogP contribution in [0.1, 0.15) is 32.6 Å². The maximum Gasteiger partial charge on any atom is 0.573 e. The summed E-state index contributed by atoms with van der Waals surface area (Å²) < 4.78 is 45.2. The van der Waals surface area contributed by atoms with Gasteiger partial charge < -0.3 is 9.47 Å². The largest absolute Gasteiger partial charge is 0.573 e. The fourth-order valence-electron chi connectivity index (χ4n) is 1.62. The number of halogens is 3. The summed E-state index contributed by atoms with van der Waals surface area (Å²) in [4.78, 5) is 11.3. The fourth-order valence-corrected chi connectivity index (χ4v) is 1.62. The number of rotatable bonds is 8. The minimum atomic E-state index is -4.72. The molecule has 0 radical (unpaired) electrons. The molecule has 0 saturated heterocycles.